The van der Waals surface area contributed by atoms with Crippen LogP contribution in [0.2, 0.25) is 0 Å². The molecule has 0 aliphatic heterocycles. The molecule has 0 aromatic heterocycles. The Balaban J connectivity index is 4.28. The average molecular weight is 193 g/mol. The average Bonchev–Trinajstić information content (AvgIpc) is 2.03. The van der Waals surface area contributed by atoms with Crippen LogP contribution in [0, 0.1) is 0 Å². The summed E-state index contributed by atoms with van der Waals surface area (Å²) >= 11 is 0. The molecule has 4 heteroatoms. The van der Waals surface area contributed by atoms with E-state index in [0.717, 1.165) is 12.8 Å². The van der Waals surface area contributed by atoms with Gasteiger partial charge in [0.25, 0.3) is 0 Å². The lowest BCUT2D eigenvalue weighted by molar-refractivity contribution is 0.369. The SMILES string of the molecule is CCCC(C)N(C)S(=O)(=O)CC. The van der Waals surface area contributed by atoms with E-state index in [0.29, 0.717) is 0 Å². The minimum absolute atomic E-state index is 0.125. The van der Waals surface area contributed by atoms with Crippen LogP contribution in [0.3, 0.4) is 0 Å². The molecule has 0 fully saturated rings. The third kappa shape index (κ3) is 3.11. The minimum Gasteiger partial charge on any atom is -0.212 e. The highest BCUT2D eigenvalue weighted by Crippen LogP contribution is 2.08. The Morgan fingerprint density at radius 3 is 2.17 bits per heavy atom. The van der Waals surface area contributed by atoms with Crippen LogP contribution in [-0.2, 0) is 10.0 Å². The first-order valence-electron chi connectivity index (χ1n) is 4.41. The monoisotopic (exact) mass is 193 g/mol. The Bertz CT molecular complexity index is 211. The molecule has 3 nitrogen and oxygen atoms in total. The van der Waals surface area contributed by atoms with Crippen LogP contribution in [0.25, 0.3) is 0 Å². The third-order valence-electron chi connectivity index (χ3n) is 2.13. The van der Waals surface area contributed by atoms with Gasteiger partial charge in [-0.3, -0.25) is 0 Å². The van der Waals surface area contributed by atoms with Crippen molar-refractivity contribution in [2.75, 3.05) is 12.8 Å². The second-order valence-electron chi connectivity index (χ2n) is 3.05. The number of rotatable bonds is 5. The zero-order valence-corrected chi connectivity index (χ0v) is 9.19. The van der Waals surface area contributed by atoms with E-state index < -0.39 is 10.0 Å². The van der Waals surface area contributed by atoms with Crippen molar-refractivity contribution in [3.63, 3.8) is 0 Å². The van der Waals surface area contributed by atoms with Gasteiger partial charge in [-0.1, -0.05) is 13.3 Å². The van der Waals surface area contributed by atoms with Crippen LogP contribution in [-0.4, -0.2) is 31.6 Å². The Morgan fingerprint density at radius 1 is 1.33 bits per heavy atom. The van der Waals surface area contributed by atoms with Gasteiger partial charge < -0.3 is 0 Å². The maximum Gasteiger partial charge on any atom is 0.213 e. The van der Waals surface area contributed by atoms with Crippen molar-refractivity contribution in [2.24, 2.45) is 0 Å². The first-order chi connectivity index (χ1) is 5.45. The Labute approximate surface area is 75.8 Å². The second kappa shape index (κ2) is 4.82. The van der Waals surface area contributed by atoms with Crippen LogP contribution in [0.15, 0.2) is 0 Å². The maximum absolute atomic E-state index is 11.3. The molecule has 0 bridgehead atoms. The standard InChI is InChI=1S/C8H19NO2S/c1-5-7-8(3)9(4)12(10,11)6-2/h8H,5-7H2,1-4H3. The lowest BCUT2D eigenvalue weighted by Gasteiger charge is -2.22. The van der Waals surface area contributed by atoms with E-state index in [4.69, 9.17) is 0 Å². The summed E-state index contributed by atoms with van der Waals surface area (Å²) in [6, 6.07) is 0.125. The van der Waals surface area contributed by atoms with E-state index in [9.17, 15) is 8.42 Å². The first kappa shape index (κ1) is 11.9. The first-order valence-corrected chi connectivity index (χ1v) is 6.02. The molecule has 0 saturated heterocycles. The van der Waals surface area contributed by atoms with Crippen molar-refractivity contribution >= 4 is 10.0 Å². The van der Waals surface area contributed by atoms with Crippen LogP contribution >= 0.6 is 0 Å². The molecule has 0 spiro atoms. The normalized spacial score (nSPS) is 15.1. The topological polar surface area (TPSA) is 37.4 Å². The summed E-state index contributed by atoms with van der Waals surface area (Å²) in [5.41, 5.74) is 0. The fourth-order valence-corrected chi connectivity index (χ4v) is 2.14. The van der Waals surface area contributed by atoms with E-state index in [1.807, 2.05) is 6.92 Å². The lowest BCUT2D eigenvalue weighted by atomic mass is 10.2. The number of hydrogen-bond acceptors (Lipinski definition) is 2. The van der Waals surface area contributed by atoms with Gasteiger partial charge in [0.05, 0.1) is 5.75 Å². The van der Waals surface area contributed by atoms with Gasteiger partial charge in [-0.2, -0.15) is 0 Å². The van der Waals surface area contributed by atoms with Crippen molar-refractivity contribution in [2.45, 2.75) is 39.7 Å². The highest BCUT2D eigenvalue weighted by atomic mass is 32.2. The van der Waals surface area contributed by atoms with Crippen molar-refractivity contribution in [1.82, 2.24) is 4.31 Å². The third-order valence-corrected chi connectivity index (χ3v) is 4.10. The van der Waals surface area contributed by atoms with Gasteiger partial charge >= 0.3 is 0 Å². The largest absolute Gasteiger partial charge is 0.213 e. The summed E-state index contributed by atoms with van der Waals surface area (Å²) in [5.74, 6) is 0.192. The van der Waals surface area contributed by atoms with Crippen molar-refractivity contribution in [3.8, 4) is 0 Å². The molecule has 0 N–H and O–H groups in total. The molecule has 0 aliphatic carbocycles. The molecule has 0 rings (SSSR count). The highest BCUT2D eigenvalue weighted by Gasteiger charge is 2.19. The van der Waals surface area contributed by atoms with E-state index in [1.54, 1.807) is 14.0 Å². The molecular weight excluding hydrogens is 174 g/mol. The van der Waals surface area contributed by atoms with Crippen molar-refractivity contribution < 1.29 is 8.42 Å². The molecule has 0 heterocycles. The molecule has 0 amide bonds. The van der Waals surface area contributed by atoms with Crippen LogP contribution in [0.5, 0.6) is 0 Å². The summed E-state index contributed by atoms with van der Waals surface area (Å²) in [6.07, 6.45) is 1.94. The Hall–Kier alpha value is -0.0900. The highest BCUT2D eigenvalue weighted by molar-refractivity contribution is 7.89. The number of hydrogen-bond donors (Lipinski definition) is 0. The van der Waals surface area contributed by atoms with E-state index >= 15 is 0 Å². The summed E-state index contributed by atoms with van der Waals surface area (Å²) in [6.45, 7) is 5.67. The smallest absolute Gasteiger partial charge is 0.212 e. The van der Waals surface area contributed by atoms with Gasteiger partial charge in [-0.15, -0.1) is 0 Å². The number of sulfonamides is 1. The molecule has 0 aromatic carbocycles. The molecule has 1 atom stereocenters. The van der Waals surface area contributed by atoms with Gasteiger partial charge in [0.1, 0.15) is 0 Å². The van der Waals surface area contributed by atoms with Crippen LogP contribution in [0.4, 0.5) is 0 Å². The summed E-state index contributed by atoms with van der Waals surface area (Å²) in [5, 5.41) is 0. The molecule has 0 aliphatic rings. The van der Waals surface area contributed by atoms with Crippen molar-refractivity contribution in [1.29, 1.82) is 0 Å². The minimum atomic E-state index is -2.99. The van der Waals surface area contributed by atoms with E-state index in [-0.39, 0.29) is 11.8 Å². The van der Waals surface area contributed by atoms with E-state index in [1.165, 1.54) is 4.31 Å². The molecule has 12 heavy (non-hydrogen) atoms. The van der Waals surface area contributed by atoms with Gasteiger partial charge in [0.2, 0.25) is 10.0 Å². The Kier molecular flexibility index (Phi) is 4.78. The maximum atomic E-state index is 11.3. The van der Waals surface area contributed by atoms with Gasteiger partial charge in [-0.25, -0.2) is 12.7 Å². The molecular formula is C8H19NO2S. The van der Waals surface area contributed by atoms with Gasteiger partial charge in [0.15, 0.2) is 0 Å². The Morgan fingerprint density at radius 2 is 1.83 bits per heavy atom. The predicted octanol–water partition coefficient (Wildman–Crippen LogP) is 1.46. The quantitative estimate of drug-likeness (QED) is 0.663. The lowest BCUT2D eigenvalue weighted by Crippen LogP contribution is -2.35. The zero-order chi connectivity index (χ0) is 9.78. The summed E-state index contributed by atoms with van der Waals surface area (Å²) in [7, 11) is -1.33. The predicted molar refractivity (Wildman–Crippen MR) is 51.6 cm³/mol. The zero-order valence-electron chi connectivity index (χ0n) is 8.37. The fourth-order valence-electron chi connectivity index (χ4n) is 1.08. The van der Waals surface area contributed by atoms with Crippen LogP contribution < -0.4 is 0 Å². The molecule has 0 aromatic rings. The summed E-state index contributed by atoms with van der Waals surface area (Å²) < 4.78 is 24.2. The molecule has 0 radical (unpaired) electrons. The second-order valence-corrected chi connectivity index (χ2v) is 5.37. The van der Waals surface area contributed by atoms with Gasteiger partial charge in [-0.05, 0) is 20.3 Å². The number of nitrogens with zero attached hydrogens (tertiary/aromatic N) is 1. The van der Waals surface area contributed by atoms with Crippen molar-refractivity contribution in [3.05, 3.63) is 0 Å². The van der Waals surface area contributed by atoms with E-state index in [2.05, 4.69) is 6.92 Å². The molecule has 0 saturated carbocycles. The fraction of sp³-hybridized carbons (Fsp3) is 1.00. The molecule has 1 unspecified atom stereocenters. The molecule has 74 valence electrons. The summed E-state index contributed by atoms with van der Waals surface area (Å²) in [4.78, 5) is 0. The van der Waals surface area contributed by atoms with Crippen LogP contribution in [0.1, 0.15) is 33.6 Å². The van der Waals surface area contributed by atoms with Gasteiger partial charge in [0, 0.05) is 13.1 Å².